The molecule has 0 radical (unpaired) electrons. The van der Waals surface area contributed by atoms with Crippen LogP contribution in [-0.2, 0) is 4.74 Å². The Labute approximate surface area is 215 Å². The maximum atomic E-state index is 13.2. The number of anilines is 2. The first-order valence-electron chi connectivity index (χ1n) is 13.1. The van der Waals surface area contributed by atoms with E-state index in [0.29, 0.717) is 25.6 Å². The second-order valence-electron chi connectivity index (χ2n) is 10.9. The Morgan fingerprint density at radius 1 is 0.861 bits per heavy atom. The smallest absolute Gasteiger partial charge is 0.410 e. The molecule has 2 aromatic carbocycles. The van der Waals surface area contributed by atoms with Gasteiger partial charge < -0.3 is 24.8 Å². The molecule has 0 aliphatic carbocycles. The number of para-hydroxylation sites is 2. The van der Waals surface area contributed by atoms with Crippen LogP contribution in [0.15, 0.2) is 48.5 Å². The van der Waals surface area contributed by atoms with E-state index in [0.717, 1.165) is 50.3 Å². The molecule has 2 saturated heterocycles. The van der Waals surface area contributed by atoms with Crippen molar-refractivity contribution in [3.63, 3.8) is 0 Å². The van der Waals surface area contributed by atoms with Crippen LogP contribution in [0.3, 0.4) is 0 Å². The van der Waals surface area contributed by atoms with Gasteiger partial charge in [-0.15, -0.1) is 0 Å². The van der Waals surface area contributed by atoms with Crippen molar-refractivity contribution in [2.75, 3.05) is 49.5 Å². The Bertz CT molecular complexity index is 1040. The molecule has 2 aromatic rings. The first-order chi connectivity index (χ1) is 17.2. The summed E-state index contributed by atoms with van der Waals surface area (Å²) in [5.74, 6) is 0.506. The zero-order chi connectivity index (χ0) is 25.7. The number of urea groups is 1. The lowest BCUT2D eigenvalue weighted by Gasteiger charge is -2.33. The zero-order valence-electron chi connectivity index (χ0n) is 22.1. The maximum absolute atomic E-state index is 13.2. The van der Waals surface area contributed by atoms with Gasteiger partial charge in [0.05, 0.1) is 11.4 Å². The Balaban J connectivity index is 1.35. The SMILES string of the molecule is Cc1ccc(C2CCN(C(=O)Nc3ccccc3N3CCCN(C(=O)OC(C)(C)C)CC3)CC2)cc1. The molecule has 0 unspecified atom stereocenters. The van der Waals surface area contributed by atoms with Crippen molar-refractivity contribution in [3.8, 4) is 0 Å². The zero-order valence-corrected chi connectivity index (χ0v) is 22.1. The van der Waals surface area contributed by atoms with Gasteiger partial charge in [-0.3, -0.25) is 0 Å². The highest BCUT2D eigenvalue weighted by Crippen LogP contribution is 2.30. The lowest BCUT2D eigenvalue weighted by molar-refractivity contribution is 0.0263. The average Bonchev–Trinajstić information content (AvgIpc) is 3.10. The van der Waals surface area contributed by atoms with Crippen LogP contribution < -0.4 is 10.2 Å². The summed E-state index contributed by atoms with van der Waals surface area (Å²) in [5, 5.41) is 3.17. The second kappa shape index (κ2) is 11.2. The number of hydrogen-bond acceptors (Lipinski definition) is 4. The monoisotopic (exact) mass is 492 g/mol. The van der Waals surface area contributed by atoms with Gasteiger partial charge in [0.2, 0.25) is 0 Å². The molecule has 0 aromatic heterocycles. The molecule has 2 heterocycles. The van der Waals surface area contributed by atoms with Gasteiger partial charge in [0.15, 0.2) is 0 Å². The number of rotatable bonds is 3. The van der Waals surface area contributed by atoms with Crippen molar-refractivity contribution in [2.45, 2.75) is 58.5 Å². The van der Waals surface area contributed by atoms with E-state index < -0.39 is 5.60 Å². The molecular weight excluding hydrogens is 452 g/mol. The lowest BCUT2D eigenvalue weighted by atomic mass is 9.89. The summed E-state index contributed by atoms with van der Waals surface area (Å²) < 4.78 is 5.56. The summed E-state index contributed by atoms with van der Waals surface area (Å²) in [6.07, 6.45) is 2.53. The number of benzene rings is 2. The van der Waals surface area contributed by atoms with Crippen LogP contribution in [0.4, 0.5) is 21.0 Å². The molecule has 2 aliphatic heterocycles. The standard InChI is InChI=1S/C29H40N4O3/c1-22-10-12-23(13-11-22)24-14-18-32(19-15-24)27(34)30-25-8-5-6-9-26(25)31-16-7-17-33(21-20-31)28(35)36-29(2,3)4/h5-6,8-13,24H,7,14-21H2,1-4H3,(H,30,34). The van der Waals surface area contributed by atoms with Gasteiger partial charge in [0, 0.05) is 39.3 Å². The predicted octanol–water partition coefficient (Wildman–Crippen LogP) is 5.85. The normalized spacial score (nSPS) is 17.5. The van der Waals surface area contributed by atoms with Gasteiger partial charge in [-0.2, -0.15) is 0 Å². The number of ether oxygens (including phenoxy) is 1. The number of hydrogen-bond donors (Lipinski definition) is 1. The van der Waals surface area contributed by atoms with Gasteiger partial charge in [-0.25, -0.2) is 9.59 Å². The molecule has 0 saturated carbocycles. The number of aryl methyl sites for hydroxylation is 1. The van der Waals surface area contributed by atoms with Crippen LogP contribution in [0.5, 0.6) is 0 Å². The molecule has 2 aliphatic rings. The predicted molar refractivity (Wildman–Crippen MR) is 145 cm³/mol. The van der Waals surface area contributed by atoms with Crippen molar-refractivity contribution in [3.05, 3.63) is 59.7 Å². The third-order valence-corrected chi connectivity index (χ3v) is 6.96. The van der Waals surface area contributed by atoms with Gasteiger partial charge >= 0.3 is 12.1 Å². The molecule has 0 bridgehead atoms. The molecular formula is C29H40N4O3. The van der Waals surface area contributed by atoms with E-state index in [-0.39, 0.29) is 12.1 Å². The van der Waals surface area contributed by atoms with Crippen LogP contribution in [0.1, 0.15) is 57.1 Å². The van der Waals surface area contributed by atoms with Crippen molar-refractivity contribution in [1.82, 2.24) is 9.80 Å². The topological polar surface area (TPSA) is 65.1 Å². The van der Waals surface area contributed by atoms with Crippen molar-refractivity contribution >= 4 is 23.5 Å². The minimum absolute atomic E-state index is 0.0463. The Hall–Kier alpha value is -3.22. The average molecular weight is 493 g/mol. The lowest BCUT2D eigenvalue weighted by Crippen LogP contribution is -2.41. The van der Waals surface area contributed by atoms with Crippen LogP contribution in [-0.4, -0.2) is 66.8 Å². The quantitative estimate of drug-likeness (QED) is 0.583. The maximum Gasteiger partial charge on any atom is 0.410 e. The third kappa shape index (κ3) is 6.71. The van der Waals surface area contributed by atoms with E-state index in [1.807, 2.05) is 49.9 Å². The van der Waals surface area contributed by atoms with Crippen molar-refractivity contribution < 1.29 is 14.3 Å². The fourth-order valence-electron chi connectivity index (χ4n) is 4.97. The number of carbonyl (C=O) groups is 2. The number of piperidine rings is 1. The number of nitrogens with one attached hydrogen (secondary N) is 1. The number of nitrogens with zero attached hydrogens (tertiary/aromatic N) is 3. The summed E-state index contributed by atoms with van der Waals surface area (Å²) in [4.78, 5) is 31.7. The molecule has 194 valence electrons. The van der Waals surface area contributed by atoms with E-state index in [9.17, 15) is 9.59 Å². The molecule has 7 nitrogen and oxygen atoms in total. The summed E-state index contributed by atoms with van der Waals surface area (Å²) in [5.41, 5.74) is 3.94. The van der Waals surface area contributed by atoms with Gasteiger partial charge in [0.25, 0.3) is 0 Å². The number of likely N-dealkylation sites (tertiary alicyclic amines) is 1. The van der Waals surface area contributed by atoms with Gasteiger partial charge in [0.1, 0.15) is 5.60 Å². The molecule has 3 amide bonds. The Morgan fingerprint density at radius 2 is 1.56 bits per heavy atom. The number of amides is 3. The van der Waals surface area contributed by atoms with Crippen LogP contribution in [0, 0.1) is 6.92 Å². The summed E-state index contributed by atoms with van der Waals surface area (Å²) in [7, 11) is 0. The first kappa shape index (κ1) is 25.9. The highest BCUT2D eigenvalue weighted by molar-refractivity contribution is 5.93. The highest BCUT2D eigenvalue weighted by atomic mass is 16.6. The molecule has 4 rings (SSSR count). The largest absolute Gasteiger partial charge is 0.444 e. The minimum atomic E-state index is -0.505. The molecule has 0 spiro atoms. The number of carbonyl (C=O) groups excluding carboxylic acids is 2. The molecule has 7 heteroatoms. The molecule has 2 fully saturated rings. The van der Waals surface area contributed by atoms with E-state index in [1.54, 1.807) is 4.90 Å². The minimum Gasteiger partial charge on any atom is -0.444 e. The summed E-state index contributed by atoms with van der Waals surface area (Å²) in [6, 6.07) is 16.7. The fourth-order valence-corrected chi connectivity index (χ4v) is 4.97. The molecule has 1 N–H and O–H groups in total. The van der Waals surface area contributed by atoms with E-state index >= 15 is 0 Å². The van der Waals surface area contributed by atoms with E-state index in [4.69, 9.17) is 4.74 Å². The van der Waals surface area contributed by atoms with Crippen LogP contribution in [0.25, 0.3) is 0 Å². The summed E-state index contributed by atoms with van der Waals surface area (Å²) >= 11 is 0. The second-order valence-corrected chi connectivity index (χ2v) is 10.9. The van der Waals surface area contributed by atoms with Crippen molar-refractivity contribution in [2.24, 2.45) is 0 Å². The van der Waals surface area contributed by atoms with Gasteiger partial charge in [-0.05, 0) is 70.6 Å². The van der Waals surface area contributed by atoms with Gasteiger partial charge in [-0.1, -0.05) is 42.0 Å². The first-order valence-corrected chi connectivity index (χ1v) is 13.1. The molecule has 0 atom stereocenters. The van der Waals surface area contributed by atoms with E-state index in [1.165, 1.54) is 11.1 Å². The molecule has 36 heavy (non-hydrogen) atoms. The summed E-state index contributed by atoms with van der Waals surface area (Å²) in [6.45, 7) is 12.0. The fraction of sp³-hybridized carbons (Fsp3) is 0.517. The van der Waals surface area contributed by atoms with E-state index in [2.05, 4.69) is 41.4 Å². The Morgan fingerprint density at radius 3 is 2.25 bits per heavy atom. The highest BCUT2D eigenvalue weighted by Gasteiger charge is 2.27. The van der Waals surface area contributed by atoms with Crippen LogP contribution in [0.2, 0.25) is 0 Å². The Kier molecular flexibility index (Phi) is 8.07. The van der Waals surface area contributed by atoms with Crippen LogP contribution >= 0.6 is 0 Å². The van der Waals surface area contributed by atoms with Crippen molar-refractivity contribution in [1.29, 1.82) is 0 Å². The third-order valence-electron chi connectivity index (χ3n) is 6.96.